The molecule has 0 atom stereocenters. The third-order valence-corrected chi connectivity index (χ3v) is 4.05. The molecule has 6 nitrogen and oxygen atoms in total. The van der Waals surface area contributed by atoms with Crippen molar-refractivity contribution >= 4 is 34.2 Å². The van der Waals surface area contributed by atoms with Crippen LogP contribution >= 0.6 is 11.6 Å². The third-order valence-electron chi connectivity index (χ3n) is 3.82. The molecule has 0 unspecified atom stereocenters. The van der Waals surface area contributed by atoms with Gasteiger partial charge in [-0.3, -0.25) is 14.2 Å². The summed E-state index contributed by atoms with van der Waals surface area (Å²) >= 11 is 5.98. The molecule has 1 N–H and O–H groups in total. The Kier molecular flexibility index (Phi) is 4.72. The molecule has 3 aromatic rings. The number of aryl methyl sites for hydroxylation is 1. The number of nitrogens with zero attached hydrogens (tertiary/aromatic N) is 2. The van der Waals surface area contributed by atoms with Crippen LogP contribution in [0.15, 0.2) is 47.4 Å². The minimum Gasteiger partial charge on any atom is -0.495 e. The van der Waals surface area contributed by atoms with E-state index >= 15 is 0 Å². The average molecular weight is 358 g/mol. The molecule has 0 saturated heterocycles. The minimum absolute atomic E-state index is 0.0318. The topological polar surface area (TPSA) is 73.2 Å². The van der Waals surface area contributed by atoms with Gasteiger partial charge in [0.05, 0.1) is 12.8 Å². The van der Waals surface area contributed by atoms with Crippen molar-refractivity contribution in [1.82, 2.24) is 9.55 Å². The Morgan fingerprint density at radius 2 is 2.12 bits per heavy atom. The number of rotatable bonds is 4. The molecule has 0 fully saturated rings. The fourth-order valence-corrected chi connectivity index (χ4v) is 2.80. The summed E-state index contributed by atoms with van der Waals surface area (Å²) in [6.07, 6.45) is 1.62. The Hall–Kier alpha value is -2.86. The lowest BCUT2D eigenvalue weighted by Gasteiger charge is -2.12. The van der Waals surface area contributed by atoms with Gasteiger partial charge in [0.15, 0.2) is 0 Å². The predicted octanol–water partition coefficient (Wildman–Crippen LogP) is 3.33. The number of anilines is 1. The van der Waals surface area contributed by atoms with Crippen molar-refractivity contribution in [2.75, 3.05) is 12.4 Å². The van der Waals surface area contributed by atoms with Crippen molar-refractivity contribution < 1.29 is 9.53 Å². The summed E-state index contributed by atoms with van der Waals surface area (Å²) in [7, 11) is 1.49. The summed E-state index contributed by atoms with van der Waals surface area (Å²) in [5.74, 6) is -0.0745. The second-order valence-corrected chi connectivity index (χ2v) is 5.76. The second kappa shape index (κ2) is 6.94. The number of halogens is 1. The first-order chi connectivity index (χ1) is 12.0. The second-order valence-electron chi connectivity index (χ2n) is 5.32. The highest BCUT2D eigenvalue weighted by atomic mass is 35.5. The van der Waals surface area contributed by atoms with E-state index in [0.717, 1.165) is 0 Å². The summed E-state index contributed by atoms with van der Waals surface area (Å²) in [5.41, 5.74) is 0.581. The van der Waals surface area contributed by atoms with E-state index < -0.39 is 11.5 Å². The van der Waals surface area contributed by atoms with Crippen LogP contribution in [-0.4, -0.2) is 22.6 Å². The van der Waals surface area contributed by atoms with E-state index in [0.29, 0.717) is 34.0 Å². The highest BCUT2D eigenvalue weighted by Gasteiger charge is 2.17. The lowest BCUT2D eigenvalue weighted by atomic mass is 10.2. The Morgan fingerprint density at radius 3 is 2.84 bits per heavy atom. The van der Waals surface area contributed by atoms with Gasteiger partial charge in [0.25, 0.3) is 11.5 Å². The highest BCUT2D eigenvalue weighted by molar-refractivity contribution is 6.31. The SMILES string of the molecule is CCn1c(=O)c(C(=O)Nc2cc(Cl)ccc2OC)cc2cccnc21. The number of fused-ring (bicyclic) bond motifs is 1. The molecule has 0 radical (unpaired) electrons. The number of hydrogen-bond acceptors (Lipinski definition) is 4. The summed E-state index contributed by atoms with van der Waals surface area (Å²) in [6.45, 7) is 2.24. The zero-order chi connectivity index (χ0) is 18.0. The molecule has 0 bridgehead atoms. The maximum absolute atomic E-state index is 12.7. The predicted molar refractivity (Wildman–Crippen MR) is 97.6 cm³/mol. The summed E-state index contributed by atoms with van der Waals surface area (Å²) in [6, 6.07) is 9.98. The maximum Gasteiger partial charge on any atom is 0.265 e. The smallest absolute Gasteiger partial charge is 0.265 e. The van der Waals surface area contributed by atoms with E-state index in [1.165, 1.54) is 11.7 Å². The molecule has 0 saturated carbocycles. The van der Waals surface area contributed by atoms with Crippen LogP contribution in [-0.2, 0) is 6.54 Å². The first kappa shape index (κ1) is 17.0. The molecule has 0 aliphatic carbocycles. The molecule has 0 aliphatic rings. The molecule has 2 aromatic heterocycles. The lowest BCUT2D eigenvalue weighted by molar-refractivity contribution is 0.102. The summed E-state index contributed by atoms with van der Waals surface area (Å²) < 4.78 is 6.69. The number of pyridine rings is 2. The third kappa shape index (κ3) is 3.21. The van der Waals surface area contributed by atoms with E-state index in [-0.39, 0.29) is 5.56 Å². The fourth-order valence-electron chi connectivity index (χ4n) is 2.63. The molecule has 2 heterocycles. The molecule has 7 heteroatoms. The molecule has 1 aromatic carbocycles. The van der Waals surface area contributed by atoms with Gasteiger partial charge in [0, 0.05) is 23.2 Å². The Morgan fingerprint density at radius 1 is 1.32 bits per heavy atom. The number of carbonyl (C=O) groups excluding carboxylic acids is 1. The normalized spacial score (nSPS) is 10.7. The van der Waals surface area contributed by atoms with E-state index in [9.17, 15) is 9.59 Å². The van der Waals surface area contributed by atoms with Crippen molar-refractivity contribution in [3.8, 4) is 5.75 Å². The number of nitrogens with one attached hydrogen (secondary N) is 1. The van der Waals surface area contributed by atoms with Gasteiger partial charge in [-0.05, 0) is 43.3 Å². The standard InChI is InChI=1S/C18H16ClN3O3/c1-3-22-16-11(5-4-8-20-16)9-13(18(22)24)17(23)21-14-10-12(19)6-7-15(14)25-2/h4-10H,3H2,1-2H3,(H,21,23). The van der Waals surface area contributed by atoms with Gasteiger partial charge >= 0.3 is 0 Å². The number of amides is 1. The first-order valence-corrected chi connectivity index (χ1v) is 8.06. The van der Waals surface area contributed by atoms with Gasteiger partial charge in [-0.15, -0.1) is 0 Å². The zero-order valence-corrected chi connectivity index (χ0v) is 14.5. The molecule has 3 rings (SSSR count). The quantitative estimate of drug-likeness (QED) is 0.777. The van der Waals surface area contributed by atoms with E-state index in [2.05, 4.69) is 10.3 Å². The first-order valence-electron chi connectivity index (χ1n) is 7.68. The van der Waals surface area contributed by atoms with Crippen molar-refractivity contribution in [3.05, 3.63) is 63.5 Å². The molecular formula is C18H16ClN3O3. The Labute approximate surface area is 149 Å². The van der Waals surface area contributed by atoms with Gasteiger partial charge in [0.2, 0.25) is 0 Å². The van der Waals surface area contributed by atoms with Crippen LogP contribution in [0.3, 0.4) is 0 Å². The number of methoxy groups -OCH3 is 1. The summed E-state index contributed by atoms with van der Waals surface area (Å²) in [5, 5.41) is 3.86. The van der Waals surface area contributed by atoms with Crippen molar-refractivity contribution in [3.63, 3.8) is 0 Å². The van der Waals surface area contributed by atoms with Gasteiger partial charge in [0.1, 0.15) is 17.0 Å². The molecular weight excluding hydrogens is 342 g/mol. The zero-order valence-electron chi connectivity index (χ0n) is 13.7. The fraction of sp³-hybridized carbons (Fsp3) is 0.167. The monoisotopic (exact) mass is 357 g/mol. The highest BCUT2D eigenvalue weighted by Crippen LogP contribution is 2.28. The van der Waals surface area contributed by atoms with E-state index in [4.69, 9.17) is 16.3 Å². The molecule has 25 heavy (non-hydrogen) atoms. The summed E-state index contributed by atoms with van der Waals surface area (Å²) in [4.78, 5) is 29.6. The molecule has 1 amide bonds. The van der Waals surface area contributed by atoms with Crippen LogP contribution in [0.25, 0.3) is 11.0 Å². The van der Waals surface area contributed by atoms with Gasteiger partial charge in [-0.1, -0.05) is 11.6 Å². The van der Waals surface area contributed by atoms with Crippen molar-refractivity contribution in [2.45, 2.75) is 13.5 Å². The van der Waals surface area contributed by atoms with Gasteiger partial charge in [-0.2, -0.15) is 0 Å². The van der Waals surface area contributed by atoms with Gasteiger partial charge in [-0.25, -0.2) is 4.98 Å². The lowest BCUT2D eigenvalue weighted by Crippen LogP contribution is -2.29. The van der Waals surface area contributed by atoms with Crippen LogP contribution in [0, 0.1) is 0 Å². The van der Waals surface area contributed by atoms with Gasteiger partial charge < -0.3 is 10.1 Å². The van der Waals surface area contributed by atoms with Crippen LogP contribution in [0.5, 0.6) is 5.75 Å². The van der Waals surface area contributed by atoms with Crippen LogP contribution < -0.4 is 15.6 Å². The van der Waals surface area contributed by atoms with Crippen LogP contribution in [0.2, 0.25) is 5.02 Å². The number of carbonyl (C=O) groups is 1. The number of benzene rings is 1. The molecule has 0 spiro atoms. The number of hydrogen-bond donors (Lipinski definition) is 1. The van der Waals surface area contributed by atoms with Crippen LogP contribution in [0.4, 0.5) is 5.69 Å². The Balaban J connectivity index is 2.08. The van der Waals surface area contributed by atoms with Crippen LogP contribution in [0.1, 0.15) is 17.3 Å². The molecule has 0 aliphatic heterocycles. The van der Waals surface area contributed by atoms with Crippen molar-refractivity contribution in [1.29, 1.82) is 0 Å². The van der Waals surface area contributed by atoms with Crippen molar-refractivity contribution in [2.24, 2.45) is 0 Å². The maximum atomic E-state index is 12.7. The number of ether oxygens (including phenoxy) is 1. The minimum atomic E-state index is -0.529. The van der Waals surface area contributed by atoms with E-state index in [1.54, 1.807) is 36.5 Å². The van der Waals surface area contributed by atoms with E-state index in [1.807, 2.05) is 13.0 Å². The largest absolute Gasteiger partial charge is 0.495 e. The average Bonchev–Trinajstić information content (AvgIpc) is 2.61. The molecule has 128 valence electrons. The Bertz CT molecular complexity index is 1010. The number of aromatic nitrogens is 2.